The fraction of sp³-hybridized carbons (Fsp3) is 0.200. The average molecular weight is 318 g/mol. The van der Waals surface area contributed by atoms with Crippen LogP contribution in [0.4, 0.5) is 0 Å². The minimum absolute atomic E-state index is 0.0877. The van der Waals surface area contributed by atoms with E-state index in [4.69, 9.17) is 10.2 Å². The number of hydrogen-bond acceptors (Lipinski definition) is 4. The summed E-state index contributed by atoms with van der Waals surface area (Å²) in [5.74, 6) is -3.29. The van der Waals surface area contributed by atoms with Crippen LogP contribution >= 0.6 is 0 Å². The van der Waals surface area contributed by atoms with Crippen LogP contribution < -0.4 is 10.7 Å². The number of H-pyrrole nitrogens is 1. The van der Waals surface area contributed by atoms with Crippen LogP contribution in [0.5, 0.6) is 0 Å². The number of hydrogen-bond donors (Lipinski definition) is 4. The first-order valence-corrected chi connectivity index (χ1v) is 6.76. The Balaban J connectivity index is 2.23. The molecule has 1 amide bonds. The van der Waals surface area contributed by atoms with Gasteiger partial charge in [0.1, 0.15) is 11.7 Å². The summed E-state index contributed by atoms with van der Waals surface area (Å²) < 4.78 is 0. The number of aromatic nitrogens is 1. The monoisotopic (exact) mass is 318 g/mol. The Labute approximate surface area is 129 Å². The number of amides is 1. The molecule has 0 bridgehead atoms. The highest BCUT2D eigenvalue weighted by atomic mass is 16.4. The smallest absolute Gasteiger partial charge is 0.326 e. The zero-order chi connectivity index (χ0) is 17.0. The van der Waals surface area contributed by atoms with Gasteiger partial charge in [0.25, 0.3) is 5.91 Å². The quantitative estimate of drug-likeness (QED) is 0.615. The Morgan fingerprint density at radius 1 is 1.17 bits per heavy atom. The molecule has 0 spiro atoms. The van der Waals surface area contributed by atoms with Crippen LogP contribution in [0, 0.1) is 0 Å². The van der Waals surface area contributed by atoms with Gasteiger partial charge in [-0.3, -0.25) is 14.4 Å². The van der Waals surface area contributed by atoms with Crippen molar-refractivity contribution in [2.24, 2.45) is 0 Å². The molecular weight excluding hydrogens is 304 g/mol. The number of benzene rings is 1. The van der Waals surface area contributed by atoms with Gasteiger partial charge in [0, 0.05) is 23.4 Å². The van der Waals surface area contributed by atoms with Crippen molar-refractivity contribution >= 4 is 28.7 Å². The Hall–Kier alpha value is -3.16. The number of pyridine rings is 1. The van der Waals surface area contributed by atoms with E-state index < -0.39 is 30.3 Å². The number of aromatic amines is 1. The first-order valence-electron chi connectivity index (χ1n) is 6.76. The Morgan fingerprint density at radius 2 is 1.87 bits per heavy atom. The molecule has 4 N–H and O–H groups in total. The van der Waals surface area contributed by atoms with E-state index >= 15 is 0 Å². The van der Waals surface area contributed by atoms with Crippen LogP contribution in [0.3, 0.4) is 0 Å². The molecule has 0 unspecified atom stereocenters. The first kappa shape index (κ1) is 16.2. The number of carbonyl (C=O) groups is 3. The summed E-state index contributed by atoms with van der Waals surface area (Å²) >= 11 is 0. The highest BCUT2D eigenvalue weighted by Crippen LogP contribution is 2.08. The van der Waals surface area contributed by atoms with E-state index in [9.17, 15) is 19.2 Å². The Kier molecular flexibility index (Phi) is 4.75. The van der Waals surface area contributed by atoms with Crippen molar-refractivity contribution in [2.75, 3.05) is 0 Å². The van der Waals surface area contributed by atoms with Crippen molar-refractivity contribution in [3.63, 3.8) is 0 Å². The zero-order valence-corrected chi connectivity index (χ0v) is 11.9. The molecule has 2 aromatic rings. The van der Waals surface area contributed by atoms with E-state index in [1.807, 2.05) is 0 Å². The van der Waals surface area contributed by atoms with Gasteiger partial charge in [-0.2, -0.15) is 0 Å². The van der Waals surface area contributed by atoms with Gasteiger partial charge in [-0.05, 0) is 18.6 Å². The Morgan fingerprint density at radius 3 is 2.52 bits per heavy atom. The van der Waals surface area contributed by atoms with Crippen molar-refractivity contribution in [3.05, 3.63) is 46.2 Å². The average Bonchev–Trinajstić information content (AvgIpc) is 2.50. The molecule has 2 rings (SSSR count). The lowest BCUT2D eigenvalue weighted by Gasteiger charge is -2.13. The maximum Gasteiger partial charge on any atom is 0.326 e. The number of carboxylic acids is 2. The molecule has 120 valence electrons. The van der Waals surface area contributed by atoms with Crippen LogP contribution in [-0.2, 0) is 9.59 Å². The van der Waals surface area contributed by atoms with Gasteiger partial charge in [-0.15, -0.1) is 0 Å². The third-order valence-corrected chi connectivity index (χ3v) is 3.23. The van der Waals surface area contributed by atoms with E-state index in [1.165, 1.54) is 0 Å². The second-order valence-electron chi connectivity index (χ2n) is 4.89. The summed E-state index contributed by atoms with van der Waals surface area (Å²) in [5, 5.41) is 20.2. The van der Waals surface area contributed by atoms with Crippen LogP contribution in [0.25, 0.3) is 10.9 Å². The van der Waals surface area contributed by atoms with Crippen LogP contribution in [0.15, 0.2) is 35.1 Å². The lowest BCUT2D eigenvalue weighted by molar-refractivity contribution is -0.140. The van der Waals surface area contributed by atoms with Gasteiger partial charge >= 0.3 is 11.9 Å². The molecule has 0 aliphatic heterocycles. The first-order chi connectivity index (χ1) is 10.9. The molecule has 1 heterocycles. The number of aliphatic carboxylic acids is 2. The number of fused-ring (bicyclic) bond motifs is 1. The fourth-order valence-electron chi connectivity index (χ4n) is 2.08. The SMILES string of the molecule is O=C(O)CC[C@H](NC(=O)c1cc(=O)c2ccccc2[nH]1)C(=O)O. The fourth-order valence-corrected chi connectivity index (χ4v) is 2.08. The summed E-state index contributed by atoms with van der Waals surface area (Å²) in [6.07, 6.45) is -0.653. The van der Waals surface area contributed by atoms with Crippen molar-refractivity contribution in [2.45, 2.75) is 18.9 Å². The molecule has 23 heavy (non-hydrogen) atoms. The minimum Gasteiger partial charge on any atom is -0.481 e. The third-order valence-electron chi connectivity index (χ3n) is 3.23. The molecular formula is C15H14N2O6. The summed E-state index contributed by atoms with van der Waals surface area (Å²) in [6, 6.07) is 6.31. The molecule has 0 saturated carbocycles. The van der Waals surface area contributed by atoms with Crippen molar-refractivity contribution < 1.29 is 24.6 Å². The van der Waals surface area contributed by atoms with Crippen molar-refractivity contribution in [1.82, 2.24) is 10.3 Å². The maximum absolute atomic E-state index is 12.1. The highest BCUT2D eigenvalue weighted by Gasteiger charge is 2.22. The van der Waals surface area contributed by atoms with Gasteiger partial charge in [0.15, 0.2) is 5.43 Å². The van der Waals surface area contributed by atoms with E-state index in [1.54, 1.807) is 24.3 Å². The molecule has 8 heteroatoms. The molecule has 0 radical (unpaired) electrons. The topological polar surface area (TPSA) is 137 Å². The summed E-state index contributed by atoms with van der Waals surface area (Å²) in [4.78, 5) is 48.4. The highest BCUT2D eigenvalue weighted by molar-refractivity contribution is 5.97. The van der Waals surface area contributed by atoms with Gasteiger partial charge < -0.3 is 20.5 Å². The van der Waals surface area contributed by atoms with E-state index in [0.717, 1.165) is 6.07 Å². The zero-order valence-electron chi connectivity index (χ0n) is 11.9. The van der Waals surface area contributed by atoms with Gasteiger partial charge in [-0.1, -0.05) is 12.1 Å². The van der Waals surface area contributed by atoms with Crippen molar-refractivity contribution in [3.8, 4) is 0 Å². The molecule has 1 atom stereocenters. The van der Waals surface area contributed by atoms with Crippen molar-refractivity contribution in [1.29, 1.82) is 0 Å². The normalized spacial score (nSPS) is 11.8. The molecule has 1 aromatic carbocycles. The van der Waals surface area contributed by atoms with Gasteiger partial charge in [0.05, 0.1) is 0 Å². The Bertz CT molecular complexity index is 826. The summed E-state index contributed by atoms with van der Waals surface area (Å²) in [7, 11) is 0. The van der Waals surface area contributed by atoms with E-state index in [0.29, 0.717) is 10.9 Å². The summed E-state index contributed by atoms with van der Waals surface area (Å²) in [5.41, 5.74) is -0.0141. The number of carboxylic acid groups (broad SMARTS) is 2. The standard InChI is InChI=1S/C15H14N2O6/c18-12-7-11(16-9-4-2-1-3-8(9)12)14(21)17-10(15(22)23)5-6-13(19)20/h1-4,7,10H,5-6H2,(H,16,18)(H,17,21)(H,19,20)(H,22,23)/t10-/m0/s1. The number of carbonyl (C=O) groups excluding carboxylic acids is 1. The molecule has 0 aliphatic rings. The van der Waals surface area contributed by atoms with E-state index in [-0.39, 0.29) is 17.5 Å². The molecule has 1 aromatic heterocycles. The maximum atomic E-state index is 12.1. The third kappa shape index (κ3) is 3.94. The second kappa shape index (κ2) is 6.73. The number of rotatable bonds is 6. The van der Waals surface area contributed by atoms with Crippen LogP contribution in [-0.4, -0.2) is 39.1 Å². The van der Waals surface area contributed by atoms with Crippen LogP contribution in [0.2, 0.25) is 0 Å². The largest absolute Gasteiger partial charge is 0.481 e. The molecule has 0 aliphatic carbocycles. The van der Waals surface area contributed by atoms with E-state index in [2.05, 4.69) is 10.3 Å². The van der Waals surface area contributed by atoms with Gasteiger partial charge in [-0.25, -0.2) is 4.79 Å². The predicted octanol–water partition coefficient (Wildman–Crippen LogP) is 0.576. The van der Waals surface area contributed by atoms with Crippen LogP contribution in [0.1, 0.15) is 23.3 Å². The number of nitrogens with one attached hydrogen (secondary N) is 2. The molecule has 0 saturated heterocycles. The predicted molar refractivity (Wildman–Crippen MR) is 80.3 cm³/mol. The lowest BCUT2D eigenvalue weighted by Crippen LogP contribution is -2.41. The minimum atomic E-state index is -1.35. The lowest BCUT2D eigenvalue weighted by atomic mass is 10.1. The van der Waals surface area contributed by atoms with Gasteiger partial charge in [0.2, 0.25) is 0 Å². The molecule has 0 fully saturated rings. The second-order valence-corrected chi connectivity index (χ2v) is 4.89. The number of para-hydroxylation sites is 1. The summed E-state index contributed by atoms with van der Waals surface area (Å²) in [6.45, 7) is 0. The molecule has 8 nitrogen and oxygen atoms in total.